The normalized spacial score (nSPS) is 12.5. The summed E-state index contributed by atoms with van der Waals surface area (Å²) < 4.78 is 22.1. The number of carbonyl (C=O) groups is 1. The monoisotopic (exact) mass is 446 g/mol. The number of rotatable bonds is 18. The van der Waals surface area contributed by atoms with Crippen molar-refractivity contribution in [3.05, 3.63) is 0 Å². The highest BCUT2D eigenvalue weighted by Gasteiger charge is 2.25. The van der Waals surface area contributed by atoms with Gasteiger partial charge < -0.3 is 35.5 Å². The molecule has 0 aliphatic heterocycles. The van der Waals surface area contributed by atoms with Gasteiger partial charge in [-0.15, -0.1) is 0 Å². The van der Waals surface area contributed by atoms with Crippen LogP contribution >= 0.6 is 15.2 Å². The van der Waals surface area contributed by atoms with Crippen LogP contribution in [0.1, 0.15) is 39.0 Å². The van der Waals surface area contributed by atoms with Crippen molar-refractivity contribution in [2.45, 2.75) is 39.0 Å². The summed E-state index contributed by atoms with van der Waals surface area (Å²) in [5.74, 6) is -0.198. The fraction of sp³-hybridized carbons (Fsp3) is 0.933. The summed E-state index contributed by atoms with van der Waals surface area (Å²) in [6.07, 6.45) is 1.82. The summed E-state index contributed by atoms with van der Waals surface area (Å²) in [7, 11) is -8.88. The van der Waals surface area contributed by atoms with Crippen LogP contribution in [-0.4, -0.2) is 82.2 Å². The van der Waals surface area contributed by atoms with Crippen molar-refractivity contribution in [2.24, 2.45) is 0 Å². The highest BCUT2D eigenvalue weighted by molar-refractivity contribution is 7.52. The Morgan fingerprint density at radius 3 is 1.82 bits per heavy atom. The van der Waals surface area contributed by atoms with Crippen LogP contribution in [0.5, 0.6) is 0 Å². The maximum absolute atomic E-state index is 11.8. The van der Waals surface area contributed by atoms with Crippen molar-refractivity contribution in [2.75, 3.05) is 51.8 Å². The Hall–Kier alpha value is -0.350. The maximum Gasteiger partial charge on any atom is 0.339 e. The summed E-state index contributed by atoms with van der Waals surface area (Å²) >= 11 is 0. The first-order valence-electron chi connectivity index (χ1n) is 9.53. The third kappa shape index (κ3) is 20.4. The SMILES string of the molecule is CCCNCCCNCCCNC(=O)CCCN(CP(=O)(O)O)CP(=O)(O)O. The number of hydrogen-bond acceptors (Lipinski definition) is 6. The Bertz CT molecular complexity index is 489. The lowest BCUT2D eigenvalue weighted by atomic mass is 10.3. The molecule has 0 atom stereocenters. The molecule has 168 valence electrons. The third-order valence-corrected chi connectivity index (χ3v) is 5.17. The van der Waals surface area contributed by atoms with Crippen molar-refractivity contribution >= 4 is 21.1 Å². The molecule has 0 rings (SSSR count). The second-order valence-electron chi connectivity index (χ2n) is 6.67. The summed E-state index contributed by atoms with van der Waals surface area (Å²) in [5.41, 5.74) is 0. The first-order chi connectivity index (χ1) is 13.0. The van der Waals surface area contributed by atoms with E-state index in [1.807, 2.05) is 0 Å². The van der Waals surface area contributed by atoms with E-state index in [0.717, 1.165) is 50.3 Å². The lowest BCUT2D eigenvalue weighted by Gasteiger charge is -2.22. The van der Waals surface area contributed by atoms with Crippen LogP contribution in [0.25, 0.3) is 0 Å². The molecule has 0 aromatic rings. The molecule has 11 nitrogen and oxygen atoms in total. The van der Waals surface area contributed by atoms with Gasteiger partial charge in [0.1, 0.15) is 12.6 Å². The van der Waals surface area contributed by atoms with Gasteiger partial charge in [-0.2, -0.15) is 0 Å². The van der Waals surface area contributed by atoms with E-state index in [1.54, 1.807) is 0 Å². The van der Waals surface area contributed by atoms with Gasteiger partial charge in [-0.25, -0.2) is 0 Å². The summed E-state index contributed by atoms with van der Waals surface area (Å²) in [6, 6.07) is 0. The van der Waals surface area contributed by atoms with Crippen LogP contribution < -0.4 is 16.0 Å². The number of carbonyl (C=O) groups excluding carboxylic acids is 1. The van der Waals surface area contributed by atoms with Crippen LogP contribution in [-0.2, 0) is 13.9 Å². The second kappa shape index (κ2) is 15.5. The number of nitrogens with one attached hydrogen (secondary N) is 3. The molecule has 0 aromatic heterocycles. The average Bonchev–Trinajstić information content (AvgIpc) is 2.53. The van der Waals surface area contributed by atoms with Crippen LogP contribution in [0.3, 0.4) is 0 Å². The molecule has 0 bridgehead atoms. The van der Waals surface area contributed by atoms with E-state index in [4.69, 9.17) is 19.6 Å². The van der Waals surface area contributed by atoms with Gasteiger partial charge in [0.2, 0.25) is 5.91 Å². The molecular weight excluding hydrogens is 410 g/mol. The molecule has 0 spiro atoms. The molecule has 0 heterocycles. The average molecular weight is 446 g/mol. The Kier molecular flexibility index (Phi) is 15.3. The minimum Gasteiger partial charge on any atom is -0.356 e. The van der Waals surface area contributed by atoms with Gasteiger partial charge in [0.05, 0.1) is 0 Å². The summed E-state index contributed by atoms with van der Waals surface area (Å²) in [6.45, 7) is 6.39. The Labute approximate surface area is 167 Å². The Morgan fingerprint density at radius 1 is 0.821 bits per heavy atom. The van der Waals surface area contributed by atoms with Crippen molar-refractivity contribution in [1.29, 1.82) is 0 Å². The third-order valence-electron chi connectivity index (χ3n) is 3.63. The minimum absolute atomic E-state index is 0.0112. The highest BCUT2D eigenvalue weighted by Crippen LogP contribution is 2.40. The van der Waals surface area contributed by atoms with Crippen LogP contribution in [0, 0.1) is 0 Å². The molecule has 13 heteroatoms. The number of nitrogens with zero attached hydrogens (tertiary/aromatic N) is 1. The predicted molar refractivity (Wildman–Crippen MR) is 108 cm³/mol. The molecule has 0 saturated carbocycles. The van der Waals surface area contributed by atoms with Crippen molar-refractivity contribution < 1.29 is 33.5 Å². The summed E-state index contributed by atoms with van der Waals surface area (Å²) in [4.78, 5) is 48.7. The zero-order valence-corrected chi connectivity index (χ0v) is 18.3. The molecular formula is C15H36N4O7P2. The van der Waals surface area contributed by atoms with Gasteiger partial charge >= 0.3 is 15.2 Å². The quantitative estimate of drug-likeness (QED) is 0.111. The molecule has 28 heavy (non-hydrogen) atoms. The minimum atomic E-state index is -4.44. The van der Waals surface area contributed by atoms with Gasteiger partial charge in [0.25, 0.3) is 0 Å². The molecule has 7 N–H and O–H groups in total. The largest absolute Gasteiger partial charge is 0.356 e. The lowest BCUT2D eigenvalue weighted by Crippen LogP contribution is -2.30. The zero-order chi connectivity index (χ0) is 21.5. The summed E-state index contributed by atoms with van der Waals surface area (Å²) in [5, 5.41) is 9.36. The fourth-order valence-corrected chi connectivity index (χ4v) is 4.15. The van der Waals surface area contributed by atoms with E-state index < -0.39 is 27.8 Å². The van der Waals surface area contributed by atoms with Crippen LogP contribution in [0.15, 0.2) is 0 Å². The van der Waals surface area contributed by atoms with Gasteiger partial charge in [0.15, 0.2) is 0 Å². The second-order valence-corrected chi connectivity index (χ2v) is 9.89. The van der Waals surface area contributed by atoms with E-state index >= 15 is 0 Å². The van der Waals surface area contributed by atoms with Crippen molar-refractivity contribution in [3.8, 4) is 0 Å². The van der Waals surface area contributed by atoms with E-state index in [1.165, 1.54) is 0 Å². The first-order valence-corrected chi connectivity index (χ1v) is 13.1. The molecule has 0 saturated heterocycles. The van der Waals surface area contributed by atoms with Crippen LogP contribution in [0.4, 0.5) is 0 Å². The van der Waals surface area contributed by atoms with Crippen molar-refractivity contribution in [1.82, 2.24) is 20.9 Å². The van der Waals surface area contributed by atoms with E-state index in [0.29, 0.717) is 6.54 Å². The molecule has 0 aliphatic rings. The predicted octanol–water partition coefficient (Wildman–Crippen LogP) is -0.175. The Morgan fingerprint density at radius 2 is 1.32 bits per heavy atom. The standard InChI is InChI=1S/C15H36N4O7P2/c1-2-7-16-8-4-9-17-10-5-11-18-15(20)6-3-12-19(13-27(21,22)23)14-28(24,25)26/h16-17H,2-14H2,1H3,(H,18,20)(H2,21,22,23)(H2,24,25,26). The van der Waals surface area contributed by atoms with Gasteiger partial charge in [-0.3, -0.25) is 18.8 Å². The maximum atomic E-state index is 11.8. The molecule has 0 aliphatic carbocycles. The smallest absolute Gasteiger partial charge is 0.339 e. The molecule has 0 fully saturated rings. The van der Waals surface area contributed by atoms with Gasteiger partial charge in [-0.1, -0.05) is 6.92 Å². The van der Waals surface area contributed by atoms with E-state index in [2.05, 4.69) is 22.9 Å². The molecule has 1 amide bonds. The zero-order valence-electron chi connectivity index (χ0n) is 16.5. The van der Waals surface area contributed by atoms with Gasteiger partial charge in [-0.05, 0) is 58.4 Å². The molecule has 0 aromatic carbocycles. The number of hydrogen-bond donors (Lipinski definition) is 7. The van der Waals surface area contributed by atoms with Crippen molar-refractivity contribution in [3.63, 3.8) is 0 Å². The number of amides is 1. The fourth-order valence-electron chi connectivity index (χ4n) is 2.47. The lowest BCUT2D eigenvalue weighted by molar-refractivity contribution is -0.121. The Balaban J connectivity index is 3.80. The van der Waals surface area contributed by atoms with Gasteiger partial charge in [0, 0.05) is 13.0 Å². The molecule has 0 radical (unpaired) electrons. The molecule has 0 unspecified atom stereocenters. The van der Waals surface area contributed by atoms with E-state index in [9.17, 15) is 13.9 Å². The first kappa shape index (κ1) is 27.6. The topological polar surface area (TPSA) is 171 Å². The van der Waals surface area contributed by atoms with Crippen LogP contribution in [0.2, 0.25) is 0 Å². The van der Waals surface area contributed by atoms with E-state index in [-0.39, 0.29) is 25.3 Å². The highest BCUT2D eigenvalue weighted by atomic mass is 31.2.